The molecule has 1 aromatic rings. The number of rotatable bonds is 5. The van der Waals surface area contributed by atoms with E-state index in [4.69, 9.17) is 14.2 Å². The summed E-state index contributed by atoms with van der Waals surface area (Å²) in [4.78, 5) is 2.41. The first-order valence-corrected chi connectivity index (χ1v) is 10.6. The average molecular weight is 403 g/mol. The average Bonchev–Trinajstić information content (AvgIpc) is 3.45. The molecule has 1 aromatic carbocycles. The third kappa shape index (κ3) is 4.08. The third-order valence-corrected chi connectivity index (χ3v) is 6.30. The number of ether oxygens (including phenoxy) is 3. The zero-order chi connectivity index (χ0) is 20.8. The van der Waals surface area contributed by atoms with Gasteiger partial charge in [0, 0.05) is 19.1 Å². The zero-order valence-corrected chi connectivity index (χ0v) is 17.9. The van der Waals surface area contributed by atoms with Gasteiger partial charge in [0.25, 0.3) is 0 Å². The van der Waals surface area contributed by atoms with Gasteiger partial charge in [-0.15, -0.1) is 0 Å². The Kier molecular flexibility index (Phi) is 5.25. The van der Waals surface area contributed by atoms with E-state index in [0.29, 0.717) is 12.2 Å². The van der Waals surface area contributed by atoms with Crippen LogP contribution in [0.5, 0.6) is 11.5 Å². The summed E-state index contributed by atoms with van der Waals surface area (Å²) in [6.45, 7) is 8.16. The van der Waals surface area contributed by atoms with Crippen molar-refractivity contribution < 1.29 is 18.6 Å². The van der Waals surface area contributed by atoms with Gasteiger partial charge in [0.05, 0.1) is 30.3 Å². The second-order valence-electron chi connectivity index (χ2n) is 9.66. The predicted molar refractivity (Wildman–Crippen MR) is 108 cm³/mol. The molecular weight excluding hydrogens is 371 g/mol. The number of piperidine rings is 1. The van der Waals surface area contributed by atoms with E-state index in [9.17, 15) is 5.26 Å². The van der Waals surface area contributed by atoms with Crippen LogP contribution in [0.3, 0.4) is 0 Å². The Bertz CT molecular complexity index is 823. The minimum Gasteiger partial charge on any atom is -0.493 e. The Balaban J connectivity index is 1.56. The maximum absolute atomic E-state index is 15.4. The minimum atomic E-state index is -0.449. The molecule has 2 aliphatic heterocycles. The molecule has 158 valence electrons. The van der Waals surface area contributed by atoms with Gasteiger partial charge in [0.1, 0.15) is 6.61 Å². The fourth-order valence-electron chi connectivity index (χ4n) is 4.61. The first-order valence-electron chi connectivity index (χ1n) is 10.6. The van der Waals surface area contributed by atoms with Crippen LogP contribution in [0.2, 0.25) is 0 Å². The highest BCUT2D eigenvalue weighted by atomic mass is 19.1. The summed E-state index contributed by atoms with van der Waals surface area (Å²) in [5, 5.41) is 9.27. The van der Waals surface area contributed by atoms with E-state index >= 15 is 4.39 Å². The van der Waals surface area contributed by atoms with Gasteiger partial charge in [-0.3, -0.25) is 4.90 Å². The number of nitrogens with zero attached hydrogens (tertiary/aromatic N) is 2. The van der Waals surface area contributed by atoms with Crippen molar-refractivity contribution in [3.05, 3.63) is 23.0 Å². The number of halogens is 1. The van der Waals surface area contributed by atoms with Gasteiger partial charge in [0.2, 0.25) is 0 Å². The van der Waals surface area contributed by atoms with Gasteiger partial charge in [-0.2, -0.15) is 5.26 Å². The molecule has 6 heteroatoms. The fourth-order valence-corrected chi connectivity index (χ4v) is 4.61. The summed E-state index contributed by atoms with van der Waals surface area (Å²) < 4.78 is 32.9. The van der Waals surface area contributed by atoms with Crippen molar-refractivity contribution in [2.75, 3.05) is 26.8 Å². The van der Waals surface area contributed by atoms with Gasteiger partial charge in [-0.25, -0.2) is 4.39 Å². The molecule has 2 unspecified atom stereocenters. The lowest BCUT2D eigenvalue weighted by Gasteiger charge is -2.45. The summed E-state index contributed by atoms with van der Waals surface area (Å²) in [5.74, 6) is 0.261. The summed E-state index contributed by atoms with van der Waals surface area (Å²) in [6.07, 6.45) is 4.38. The molecule has 4 rings (SSSR count). The van der Waals surface area contributed by atoms with Crippen LogP contribution in [0.15, 0.2) is 6.07 Å². The SMILES string of the molecule is COc1cc2c(c(F)c1OCC1(C#N)CC1)CCN1CC(OC(C)(C)C)CCC21. The van der Waals surface area contributed by atoms with Gasteiger partial charge in [-0.05, 0) is 70.1 Å². The molecule has 1 saturated carbocycles. The molecule has 2 fully saturated rings. The number of nitriles is 1. The molecule has 0 amide bonds. The molecular formula is C23H31FN2O3. The van der Waals surface area contributed by atoms with E-state index in [-0.39, 0.29) is 35.9 Å². The maximum atomic E-state index is 15.4. The van der Waals surface area contributed by atoms with Crippen LogP contribution in [0.4, 0.5) is 4.39 Å². The van der Waals surface area contributed by atoms with E-state index < -0.39 is 5.41 Å². The van der Waals surface area contributed by atoms with Crippen LogP contribution in [-0.4, -0.2) is 43.4 Å². The number of hydrogen-bond acceptors (Lipinski definition) is 5. The Morgan fingerprint density at radius 1 is 1.31 bits per heavy atom. The third-order valence-electron chi connectivity index (χ3n) is 6.30. The molecule has 1 aliphatic carbocycles. The van der Waals surface area contributed by atoms with Crippen molar-refractivity contribution in [1.82, 2.24) is 4.90 Å². The van der Waals surface area contributed by atoms with E-state index in [1.165, 1.54) is 0 Å². The van der Waals surface area contributed by atoms with Crippen LogP contribution in [0.25, 0.3) is 0 Å². The molecule has 3 aliphatic rings. The lowest BCUT2D eigenvalue weighted by molar-refractivity contribution is -0.0972. The highest BCUT2D eigenvalue weighted by Crippen LogP contribution is 2.48. The summed E-state index contributed by atoms with van der Waals surface area (Å²) in [5.41, 5.74) is 1.14. The van der Waals surface area contributed by atoms with Crippen LogP contribution >= 0.6 is 0 Å². The van der Waals surface area contributed by atoms with E-state index in [1.54, 1.807) is 7.11 Å². The molecule has 1 saturated heterocycles. The number of hydrogen-bond donors (Lipinski definition) is 0. The van der Waals surface area contributed by atoms with E-state index in [0.717, 1.165) is 49.9 Å². The number of methoxy groups -OCH3 is 1. The van der Waals surface area contributed by atoms with Crippen LogP contribution < -0.4 is 9.47 Å². The summed E-state index contributed by atoms with van der Waals surface area (Å²) >= 11 is 0. The first-order chi connectivity index (χ1) is 13.8. The summed E-state index contributed by atoms with van der Waals surface area (Å²) in [7, 11) is 1.54. The second-order valence-corrected chi connectivity index (χ2v) is 9.66. The molecule has 0 radical (unpaired) electrons. The zero-order valence-electron chi connectivity index (χ0n) is 17.9. The first kappa shape index (κ1) is 20.4. The van der Waals surface area contributed by atoms with Gasteiger partial charge in [-0.1, -0.05) is 0 Å². The van der Waals surface area contributed by atoms with E-state index in [2.05, 4.69) is 31.7 Å². The normalized spacial score (nSPS) is 25.5. The number of benzene rings is 1. The monoisotopic (exact) mass is 402 g/mol. The molecule has 5 nitrogen and oxygen atoms in total. The van der Waals surface area contributed by atoms with Crippen molar-refractivity contribution in [3.8, 4) is 17.6 Å². The second kappa shape index (κ2) is 7.45. The van der Waals surface area contributed by atoms with E-state index in [1.807, 2.05) is 6.07 Å². The smallest absolute Gasteiger partial charge is 0.197 e. The predicted octanol–water partition coefficient (Wildman–Crippen LogP) is 4.39. The molecule has 0 spiro atoms. The molecule has 0 bridgehead atoms. The van der Waals surface area contributed by atoms with Gasteiger partial charge in [0.15, 0.2) is 17.3 Å². The quantitative estimate of drug-likeness (QED) is 0.731. The highest BCUT2D eigenvalue weighted by Gasteiger charge is 2.45. The highest BCUT2D eigenvalue weighted by molar-refractivity contribution is 5.51. The molecule has 0 N–H and O–H groups in total. The Morgan fingerprint density at radius 2 is 2.07 bits per heavy atom. The molecule has 2 heterocycles. The fraction of sp³-hybridized carbons (Fsp3) is 0.696. The van der Waals surface area contributed by atoms with Crippen molar-refractivity contribution in [3.63, 3.8) is 0 Å². The van der Waals surface area contributed by atoms with Gasteiger partial charge >= 0.3 is 0 Å². The summed E-state index contributed by atoms with van der Waals surface area (Å²) in [6, 6.07) is 4.42. The Labute approximate surface area is 172 Å². The lowest BCUT2D eigenvalue weighted by Crippen LogP contribution is -2.47. The largest absolute Gasteiger partial charge is 0.493 e. The van der Waals surface area contributed by atoms with Crippen LogP contribution in [0, 0.1) is 22.6 Å². The van der Waals surface area contributed by atoms with Crippen LogP contribution in [0.1, 0.15) is 63.6 Å². The van der Waals surface area contributed by atoms with Crippen molar-refractivity contribution in [1.29, 1.82) is 5.26 Å². The molecule has 0 aromatic heterocycles. The van der Waals surface area contributed by atoms with Crippen molar-refractivity contribution in [2.45, 2.75) is 70.6 Å². The topological polar surface area (TPSA) is 54.7 Å². The Morgan fingerprint density at radius 3 is 2.69 bits per heavy atom. The number of fused-ring (bicyclic) bond motifs is 3. The molecule has 2 atom stereocenters. The van der Waals surface area contributed by atoms with Crippen LogP contribution in [-0.2, 0) is 11.2 Å². The maximum Gasteiger partial charge on any atom is 0.197 e. The lowest BCUT2D eigenvalue weighted by atomic mass is 9.85. The molecule has 29 heavy (non-hydrogen) atoms. The Hall–Kier alpha value is -1.84. The minimum absolute atomic E-state index is 0.158. The van der Waals surface area contributed by atoms with Gasteiger partial charge < -0.3 is 14.2 Å². The standard InChI is InChI=1S/C23H31FN2O3/c1-22(2,3)29-15-5-6-18-17-11-19(27-4)21(28-14-23(13-25)8-9-23)20(24)16(17)7-10-26(18)12-15/h11,15,18H,5-10,12,14H2,1-4H3. The van der Waals surface area contributed by atoms with Crippen molar-refractivity contribution in [2.24, 2.45) is 5.41 Å². The van der Waals surface area contributed by atoms with Crippen molar-refractivity contribution >= 4 is 0 Å².